The number of aliphatic carboxylic acids is 3. The number of hydroxylamine groups is 1. The number of rotatable bonds is 30. The molecule has 0 saturated heterocycles. The van der Waals surface area contributed by atoms with Crippen LogP contribution in [0.15, 0.2) is 36.4 Å². The van der Waals surface area contributed by atoms with Crippen LogP contribution in [0.2, 0.25) is 0 Å². The van der Waals surface area contributed by atoms with E-state index in [1.54, 1.807) is 10.8 Å². The molecule has 0 bridgehead atoms. The number of benzene rings is 2. The minimum absolute atomic E-state index is 0.187. The number of carbonyl (C=O) groups excluding carboxylic acids is 3. The highest BCUT2D eigenvalue weighted by molar-refractivity contribution is 5.79. The molecule has 2 rings (SSSR count). The molecule has 560 valence electrons. The van der Waals surface area contributed by atoms with Gasteiger partial charge >= 0.3 is 80.1 Å². The van der Waals surface area contributed by atoms with Crippen molar-refractivity contribution in [1.29, 1.82) is 0 Å². The Labute approximate surface area is 516 Å². The number of carboxylic acids is 3. The Morgan fingerprint density at radius 1 is 0.330 bits per heavy atom. The van der Waals surface area contributed by atoms with Gasteiger partial charge in [0.2, 0.25) is 5.91 Å². The number of carboxylic acid groups (broad SMARTS) is 3. The first-order valence-corrected chi connectivity index (χ1v) is 25.5. The Kier molecular flexibility index (Phi) is 26.6. The molecule has 0 aliphatic rings. The minimum Gasteiger partial charge on any atom is -0.549 e. The molecule has 0 saturated carbocycles. The van der Waals surface area contributed by atoms with Crippen LogP contribution >= 0.6 is 0 Å². The van der Waals surface area contributed by atoms with Gasteiger partial charge in [-0.15, -0.1) is 0 Å². The molecule has 49 heteroatoms. The molecular weight excluding hydrogens is 1460 g/mol. The summed E-state index contributed by atoms with van der Waals surface area (Å²) in [6, 6.07) is -2.33. The molecule has 0 heterocycles. The summed E-state index contributed by atoms with van der Waals surface area (Å²) in [5.41, 5.74) is -37.5. The smallest absolute Gasteiger partial charge is 0.412 e. The largest absolute Gasteiger partial charge is 0.549 e. The van der Waals surface area contributed by atoms with E-state index in [9.17, 15) is 193 Å². The maximum Gasteiger partial charge on any atom is 0.412 e. The van der Waals surface area contributed by atoms with Gasteiger partial charge in [0.05, 0.1) is 31.6 Å². The standard InChI is InChI=1S/C48H43F36N5O8/c49-37(50,51)33(38(52,53)54,39(55,56)57)13-23-7-24(14-34(40(58,59)60,41(61,62)63)42(64,65)66)10-27(9-23)17-85-29(90)19-89(22-32(95)96)4-3-87(20-30(91)92)1-2-88(21-31(93)94)5-6-97-86-18-28-11-25(15-35(43(67,68)69,44(70,71)72)45(73,74)75)8-26(12-28)16-36(46(76,77)78,47(79,80)81)48(82,83)84/h7-12,86H,1-6,13-22H2,(H,85,90)(H,91,92)(H,93,94)(H,95,96)/p-2. The van der Waals surface area contributed by atoms with Gasteiger partial charge < -0.3 is 35.1 Å². The predicted molar refractivity (Wildman–Crippen MR) is 242 cm³/mol. The van der Waals surface area contributed by atoms with Crippen molar-refractivity contribution in [2.45, 2.75) is 113 Å². The van der Waals surface area contributed by atoms with Crippen LogP contribution < -0.4 is 21.0 Å². The molecular formula is C48H41F36N5O8-2. The molecule has 0 fully saturated rings. The van der Waals surface area contributed by atoms with Crippen LogP contribution in [0.4, 0.5) is 158 Å². The van der Waals surface area contributed by atoms with E-state index in [2.05, 4.69) is 0 Å². The summed E-state index contributed by atoms with van der Waals surface area (Å²) in [5, 5.41) is 34.2. The van der Waals surface area contributed by atoms with Gasteiger partial charge in [-0.05, 0) is 33.4 Å². The van der Waals surface area contributed by atoms with Gasteiger partial charge in [0.1, 0.15) is 0 Å². The third kappa shape index (κ3) is 20.2. The number of hydrogen-bond acceptors (Lipinski definition) is 11. The van der Waals surface area contributed by atoms with Crippen molar-refractivity contribution in [3.63, 3.8) is 0 Å². The molecule has 13 nitrogen and oxygen atoms in total. The molecule has 2 aromatic rings. The molecule has 3 N–H and O–H groups in total. The van der Waals surface area contributed by atoms with Gasteiger partial charge in [0.15, 0.2) is 0 Å². The first-order valence-electron chi connectivity index (χ1n) is 25.5. The zero-order chi connectivity index (χ0) is 76.2. The van der Waals surface area contributed by atoms with Crippen molar-refractivity contribution in [2.24, 2.45) is 21.7 Å². The van der Waals surface area contributed by atoms with Gasteiger partial charge in [-0.25, -0.2) is 0 Å². The molecule has 0 aromatic heterocycles. The highest BCUT2D eigenvalue weighted by Crippen LogP contribution is 2.65. The first kappa shape index (κ1) is 86.7. The van der Waals surface area contributed by atoms with E-state index >= 15 is 0 Å². The first-order chi connectivity index (χ1) is 43.0. The lowest BCUT2D eigenvalue weighted by Crippen LogP contribution is -2.61. The highest BCUT2D eigenvalue weighted by atomic mass is 19.5. The van der Waals surface area contributed by atoms with Crippen LogP contribution in [-0.4, -0.2) is 183 Å². The second kappa shape index (κ2) is 29.8. The number of halogens is 36. The quantitative estimate of drug-likeness (QED) is 0.0384. The molecule has 0 atom stereocenters. The summed E-state index contributed by atoms with van der Waals surface area (Å²) in [5.74, 6) is -7.72. The number of nitrogens with zero attached hydrogens (tertiary/aromatic N) is 3. The Morgan fingerprint density at radius 3 is 0.804 bits per heavy atom. The number of nitrogens with one attached hydrogen (secondary N) is 2. The van der Waals surface area contributed by atoms with Crippen molar-refractivity contribution in [2.75, 3.05) is 65.5 Å². The second-order valence-corrected chi connectivity index (χ2v) is 21.0. The predicted octanol–water partition coefficient (Wildman–Crippen LogP) is 10.4. The van der Waals surface area contributed by atoms with Crippen LogP contribution in [0, 0.1) is 21.7 Å². The van der Waals surface area contributed by atoms with Gasteiger partial charge in [0, 0.05) is 84.6 Å². The third-order valence-corrected chi connectivity index (χ3v) is 14.2. The molecule has 1 amide bonds. The average Bonchev–Trinajstić information content (AvgIpc) is 0.743. The minimum atomic E-state index is -7.51. The van der Waals surface area contributed by atoms with Gasteiger partial charge in [-0.3, -0.25) is 24.3 Å². The molecule has 0 radical (unpaired) electrons. The maximum atomic E-state index is 13.9. The lowest BCUT2D eigenvalue weighted by atomic mass is 9.76. The van der Waals surface area contributed by atoms with Crippen LogP contribution in [0.5, 0.6) is 0 Å². The molecule has 2 aromatic carbocycles. The zero-order valence-electron chi connectivity index (χ0n) is 47.0. The summed E-state index contributed by atoms with van der Waals surface area (Å²) in [6.07, 6.45) is -104. The van der Waals surface area contributed by atoms with E-state index in [-0.39, 0.29) is 24.3 Å². The van der Waals surface area contributed by atoms with E-state index in [1.165, 1.54) is 0 Å². The monoisotopic (exact) mass is 1500 g/mol. The van der Waals surface area contributed by atoms with Gasteiger partial charge in [-0.1, -0.05) is 36.4 Å². The fourth-order valence-corrected chi connectivity index (χ4v) is 9.36. The average molecular weight is 1500 g/mol. The fourth-order valence-electron chi connectivity index (χ4n) is 9.36. The summed E-state index contributed by atoms with van der Waals surface area (Å²) in [6.45, 7) is -13.7. The molecule has 0 unspecified atom stereocenters. The second-order valence-electron chi connectivity index (χ2n) is 21.0. The fraction of sp³-hybridized carbons (Fsp3) is 0.667. The summed E-state index contributed by atoms with van der Waals surface area (Å²) in [4.78, 5) is 54.6. The lowest BCUT2D eigenvalue weighted by Gasteiger charge is -2.39. The molecule has 0 aliphatic carbocycles. The van der Waals surface area contributed by atoms with Crippen molar-refractivity contribution in [3.05, 3.63) is 69.8 Å². The van der Waals surface area contributed by atoms with E-state index in [1.807, 2.05) is 0 Å². The zero-order valence-corrected chi connectivity index (χ0v) is 47.0. The Balaban J connectivity index is 2.54. The van der Waals surface area contributed by atoms with Crippen LogP contribution in [0.25, 0.3) is 0 Å². The molecule has 97 heavy (non-hydrogen) atoms. The van der Waals surface area contributed by atoms with Gasteiger partial charge in [-0.2, -0.15) is 164 Å². The van der Waals surface area contributed by atoms with Crippen LogP contribution in [0.1, 0.15) is 33.4 Å². The summed E-state index contributed by atoms with van der Waals surface area (Å²) in [7, 11) is 0. The summed E-state index contributed by atoms with van der Waals surface area (Å²) < 4.78 is 500. The molecule has 0 aliphatic heterocycles. The van der Waals surface area contributed by atoms with E-state index in [0.717, 1.165) is 4.90 Å². The highest BCUT2D eigenvalue weighted by Gasteiger charge is 2.86. The third-order valence-electron chi connectivity index (χ3n) is 14.2. The van der Waals surface area contributed by atoms with E-state index in [0.29, 0.717) is 9.80 Å². The lowest BCUT2D eigenvalue weighted by molar-refractivity contribution is -0.428. The number of hydrogen-bond donors (Lipinski definition) is 3. The van der Waals surface area contributed by atoms with Gasteiger partial charge in [0.25, 0.3) is 21.7 Å². The van der Waals surface area contributed by atoms with Crippen molar-refractivity contribution >= 4 is 23.8 Å². The molecule has 0 spiro atoms. The van der Waals surface area contributed by atoms with Crippen molar-refractivity contribution in [1.82, 2.24) is 25.5 Å². The Bertz CT molecular complexity index is 2700. The Hall–Kier alpha value is -6.40. The number of carbonyl (C=O) groups is 4. The van der Waals surface area contributed by atoms with Crippen LogP contribution in [0.3, 0.4) is 0 Å². The van der Waals surface area contributed by atoms with E-state index < -0.39 is 269 Å². The topological polar surface area (TPSA) is 178 Å². The van der Waals surface area contributed by atoms with Crippen molar-refractivity contribution in [3.8, 4) is 0 Å². The number of alkyl halides is 36. The van der Waals surface area contributed by atoms with Crippen molar-refractivity contribution < 1.29 is 197 Å². The summed E-state index contributed by atoms with van der Waals surface area (Å²) >= 11 is 0. The normalized spacial score (nSPS) is 14.7. The van der Waals surface area contributed by atoms with Crippen LogP contribution in [-0.2, 0) is 62.8 Å². The number of amides is 1. The van der Waals surface area contributed by atoms with E-state index in [4.69, 9.17) is 4.84 Å². The maximum absolute atomic E-state index is 13.9. The Morgan fingerprint density at radius 2 is 0.557 bits per heavy atom. The SMILES string of the molecule is O=C([O-])CN(CCONCc1cc(CC(C(F)(F)F)(C(F)(F)F)C(F)(F)F)cc(CC(C(F)(F)F)(C(F)(F)F)C(F)(F)F)c1)CCN(CCN(CC(=O)[O-])CC(=O)NCc1cc(CC(C(F)(F)F)(C(F)(F)F)C(F)(F)F)cc(CC(C(F)(F)F)(C(F)(F)F)C(F)(F)F)c1)CC(=O)O.